The lowest BCUT2D eigenvalue weighted by molar-refractivity contribution is -0.213. The number of aliphatic hydroxyl groups excluding tert-OH is 2. The summed E-state index contributed by atoms with van der Waals surface area (Å²) >= 11 is 0. The molecule has 2 aliphatic heterocycles. The van der Waals surface area contributed by atoms with E-state index in [0.717, 1.165) is 0 Å². The van der Waals surface area contributed by atoms with Crippen LogP contribution in [0.15, 0.2) is 0 Å². The molecule has 0 bridgehead atoms. The van der Waals surface area contributed by atoms with E-state index >= 15 is 0 Å². The highest BCUT2D eigenvalue weighted by Gasteiger charge is 2.53. The first-order valence-electron chi connectivity index (χ1n) is 5.30. The fourth-order valence-corrected chi connectivity index (χ4v) is 2.31. The van der Waals surface area contributed by atoms with Gasteiger partial charge in [0.25, 0.3) is 0 Å². The van der Waals surface area contributed by atoms with Crippen LogP contribution in [-0.4, -0.2) is 47.7 Å². The van der Waals surface area contributed by atoms with E-state index in [4.69, 9.17) is 24.4 Å². The molecular formula is C10H18O5. The summed E-state index contributed by atoms with van der Waals surface area (Å²) in [4.78, 5) is 0. The van der Waals surface area contributed by atoms with E-state index in [0.29, 0.717) is 6.42 Å². The van der Waals surface area contributed by atoms with Crippen LogP contribution >= 0.6 is 0 Å². The Morgan fingerprint density at radius 2 is 1.93 bits per heavy atom. The highest BCUT2D eigenvalue weighted by atomic mass is 16.8. The minimum absolute atomic E-state index is 0.00627. The second-order valence-electron chi connectivity index (χ2n) is 4.50. The van der Waals surface area contributed by atoms with Gasteiger partial charge in [0.1, 0.15) is 6.10 Å². The van der Waals surface area contributed by atoms with Gasteiger partial charge in [-0.1, -0.05) is 0 Å². The van der Waals surface area contributed by atoms with Crippen molar-refractivity contribution in [3.8, 4) is 0 Å². The molecule has 5 heteroatoms. The second-order valence-corrected chi connectivity index (χ2v) is 4.50. The second kappa shape index (κ2) is 3.99. The number of fused-ring (bicyclic) bond motifs is 1. The van der Waals surface area contributed by atoms with Crippen molar-refractivity contribution in [1.29, 1.82) is 0 Å². The smallest absolute Gasteiger partial charge is 0.187 e. The zero-order valence-corrected chi connectivity index (χ0v) is 9.05. The molecular weight excluding hydrogens is 200 g/mol. The summed E-state index contributed by atoms with van der Waals surface area (Å²) in [5.41, 5.74) is 0. The molecule has 0 aliphatic carbocycles. The van der Waals surface area contributed by atoms with Crippen LogP contribution in [0.2, 0.25) is 0 Å². The first-order valence-corrected chi connectivity index (χ1v) is 5.30. The standard InChI is InChI=1S/C10H18O5/c1-10(2)14-8-6(3-4-11)7(5-12)13-9(8)15-10/h6-9,11-12H,3-5H2,1-2H3/t6-,7+,8+,9+/m0/s1. The number of ether oxygens (including phenoxy) is 3. The van der Waals surface area contributed by atoms with E-state index in [-0.39, 0.29) is 31.3 Å². The summed E-state index contributed by atoms with van der Waals surface area (Å²) in [6.45, 7) is 3.67. The van der Waals surface area contributed by atoms with Crippen molar-refractivity contribution in [2.24, 2.45) is 5.92 Å². The molecule has 0 unspecified atom stereocenters. The number of hydrogen-bond acceptors (Lipinski definition) is 5. The Balaban J connectivity index is 2.07. The maximum Gasteiger partial charge on any atom is 0.187 e. The molecule has 0 aromatic carbocycles. The summed E-state index contributed by atoms with van der Waals surface area (Å²) in [6.07, 6.45) is -0.313. The van der Waals surface area contributed by atoms with Crippen molar-refractivity contribution < 1.29 is 24.4 Å². The third-order valence-corrected chi connectivity index (χ3v) is 2.94. The highest BCUT2D eigenvalue weighted by molar-refractivity contribution is 4.92. The van der Waals surface area contributed by atoms with E-state index in [1.165, 1.54) is 0 Å². The van der Waals surface area contributed by atoms with E-state index in [1.807, 2.05) is 13.8 Å². The molecule has 0 radical (unpaired) electrons. The number of rotatable bonds is 3. The predicted octanol–water partition coefficient (Wildman–Crippen LogP) is -0.146. The zero-order chi connectivity index (χ0) is 11.1. The van der Waals surface area contributed by atoms with E-state index in [9.17, 15) is 0 Å². The van der Waals surface area contributed by atoms with Gasteiger partial charge in [0.05, 0.1) is 12.7 Å². The van der Waals surface area contributed by atoms with Gasteiger partial charge in [-0.2, -0.15) is 0 Å². The molecule has 0 aromatic rings. The normalized spacial score (nSPS) is 43.2. The van der Waals surface area contributed by atoms with Gasteiger partial charge in [0.2, 0.25) is 0 Å². The Morgan fingerprint density at radius 3 is 2.53 bits per heavy atom. The Labute approximate surface area is 88.9 Å². The summed E-state index contributed by atoms with van der Waals surface area (Å²) in [7, 11) is 0. The molecule has 0 spiro atoms. The third-order valence-electron chi connectivity index (χ3n) is 2.94. The summed E-state index contributed by atoms with van der Waals surface area (Å²) in [6, 6.07) is 0. The van der Waals surface area contributed by atoms with Crippen molar-refractivity contribution in [2.75, 3.05) is 13.2 Å². The van der Waals surface area contributed by atoms with Gasteiger partial charge in [0, 0.05) is 12.5 Å². The van der Waals surface area contributed by atoms with Gasteiger partial charge in [-0.3, -0.25) is 0 Å². The van der Waals surface area contributed by atoms with Crippen molar-refractivity contribution in [2.45, 2.75) is 44.6 Å². The molecule has 2 aliphatic rings. The molecule has 2 rings (SSSR count). The number of hydrogen-bond donors (Lipinski definition) is 2. The molecule has 2 fully saturated rings. The Kier molecular flexibility index (Phi) is 3.00. The maximum atomic E-state index is 9.13. The lowest BCUT2D eigenvalue weighted by atomic mass is 9.95. The van der Waals surface area contributed by atoms with Gasteiger partial charge < -0.3 is 24.4 Å². The monoisotopic (exact) mass is 218 g/mol. The fourth-order valence-electron chi connectivity index (χ4n) is 2.31. The average molecular weight is 218 g/mol. The quantitative estimate of drug-likeness (QED) is 0.689. The Morgan fingerprint density at radius 1 is 1.20 bits per heavy atom. The van der Waals surface area contributed by atoms with Crippen LogP contribution in [0.4, 0.5) is 0 Å². The third kappa shape index (κ3) is 2.03. The van der Waals surface area contributed by atoms with E-state index in [2.05, 4.69) is 0 Å². The van der Waals surface area contributed by atoms with E-state index in [1.54, 1.807) is 0 Å². The average Bonchev–Trinajstić information content (AvgIpc) is 2.60. The van der Waals surface area contributed by atoms with Crippen LogP contribution in [0.3, 0.4) is 0 Å². The van der Waals surface area contributed by atoms with Crippen molar-refractivity contribution in [3.05, 3.63) is 0 Å². The summed E-state index contributed by atoms with van der Waals surface area (Å²) < 4.78 is 16.8. The first kappa shape index (κ1) is 11.3. The Hall–Kier alpha value is -0.200. The summed E-state index contributed by atoms with van der Waals surface area (Å²) in [5.74, 6) is -0.629. The topological polar surface area (TPSA) is 68.2 Å². The highest BCUT2D eigenvalue weighted by Crippen LogP contribution is 2.41. The molecule has 15 heavy (non-hydrogen) atoms. The largest absolute Gasteiger partial charge is 0.396 e. The van der Waals surface area contributed by atoms with Gasteiger partial charge in [0.15, 0.2) is 12.1 Å². The predicted molar refractivity (Wildman–Crippen MR) is 51.0 cm³/mol. The van der Waals surface area contributed by atoms with Gasteiger partial charge >= 0.3 is 0 Å². The number of aliphatic hydroxyl groups is 2. The van der Waals surface area contributed by atoms with Gasteiger partial charge in [-0.15, -0.1) is 0 Å². The molecule has 5 nitrogen and oxygen atoms in total. The van der Waals surface area contributed by atoms with Gasteiger partial charge in [-0.25, -0.2) is 0 Å². The van der Waals surface area contributed by atoms with Crippen LogP contribution < -0.4 is 0 Å². The lowest BCUT2D eigenvalue weighted by Gasteiger charge is -2.24. The van der Waals surface area contributed by atoms with Crippen LogP contribution in [-0.2, 0) is 14.2 Å². The fraction of sp³-hybridized carbons (Fsp3) is 1.00. The lowest BCUT2D eigenvalue weighted by Crippen LogP contribution is -2.32. The molecule has 0 amide bonds. The SMILES string of the molecule is CC1(C)O[C@H]2O[C@H](CO)[C@H](CCO)[C@H]2O1. The van der Waals surface area contributed by atoms with Crippen molar-refractivity contribution in [3.63, 3.8) is 0 Å². The minimum atomic E-state index is -0.635. The minimum Gasteiger partial charge on any atom is -0.396 e. The molecule has 0 saturated carbocycles. The molecule has 2 saturated heterocycles. The van der Waals surface area contributed by atoms with Crippen LogP contribution in [0.1, 0.15) is 20.3 Å². The molecule has 2 N–H and O–H groups in total. The molecule has 88 valence electrons. The van der Waals surface area contributed by atoms with Crippen molar-refractivity contribution >= 4 is 0 Å². The molecule has 0 aromatic heterocycles. The van der Waals surface area contributed by atoms with Crippen molar-refractivity contribution in [1.82, 2.24) is 0 Å². The van der Waals surface area contributed by atoms with Crippen LogP contribution in [0.25, 0.3) is 0 Å². The summed E-state index contributed by atoms with van der Waals surface area (Å²) in [5, 5.41) is 18.1. The first-order chi connectivity index (χ1) is 7.07. The van der Waals surface area contributed by atoms with E-state index < -0.39 is 12.1 Å². The maximum absolute atomic E-state index is 9.13. The van der Waals surface area contributed by atoms with Gasteiger partial charge in [-0.05, 0) is 20.3 Å². The molecule has 2 heterocycles. The Bertz CT molecular complexity index is 230. The van der Waals surface area contributed by atoms with Crippen LogP contribution in [0, 0.1) is 5.92 Å². The zero-order valence-electron chi connectivity index (χ0n) is 9.05. The van der Waals surface area contributed by atoms with Crippen LogP contribution in [0.5, 0.6) is 0 Å². The molecule has 4 atom stereocenters.